The number of rotatable bonds is 26. The average molecular weight is 1990 g/mol. The molecule has 35 nitrogen and oxygen atoms in total. The summed E-state index contributed by atoms with van der Waals surface area (Å²) >= 11 is 0. The number of hydrogen-bond acceptors (Lipinski definition) is 30. The fraction of sp³-hybridized carbons (Fsp3) is 0.594. The van der Waals surface area contributed by atoms with Crippen LogP contribution in [0.2, 0.25) is 0 Å². The van der Waals surface area contributed by atoms with Crippen LogP contribution in [0.25, 0.3) is 45.3 Å². The van der Waals surface area contributed by atoms with E-state index in [1.165, 1.54) is 12.8 Å². The first kappa shape index (κ1) is 117. The molecule has 37 heteroatoms. The van der Waals surface area contributed by atoms with Gasteiger partial charge in [0.05, 0.1) is 105 Å². The van der Waals surface area contributed by atoms with Crippen LogP contribution in [-0.4, -0.2) is 215 Å². The number of aliphatic hydroxyl groups excluding tert-OH is 1. The number of nitrogens with zero attached hydrogens (tertiary/aromatic N) is 8. The number of carboxylic acid groups (broad SMARTS) is 1. The Bertz CT molecular complexity index is 5260. The van der Waals surface area contributed by atoms with E-state index in [1.54, 1.807) is 65.0 Å². The molecule has 8 aromatic rings. The van der Waals surface area contributed by atoms with Crippen LogP contribution < -0.4 is 33.8 Å². The quantitative estimate of drug-likeness (QED) is 0.0110. The van der Waals surface area contributed by atoms with E-state index in [-0.39, 0.29) is 184 Å². The van der Waals surface area contributed by atoms with Crippen molar-refractivity contribution in [1.29, 1.82) is 0 Å². The summed E-state index contributed by atoms with van der Waals surface area (Å²) in [6, 6.07) is 30.6. The molecule has 16 rings (SSSR count). The molecule has 7 aliphatic carbocycles. The zero-order valence-corrected chi connectivity index (χ0v) is 85.7. The second-order valence-corrected chi connectivity index (χ2v) is 39.6. The van der Waals surface area contributed by atoms with E-state index in [2.05, 4.69) is 20.6 Å². The third-order valence-corrected chi connectivity index (χ3v) is 28.2. The summed E-state index contributed by atoms with van der Waals surface area (Å²) in [6.07, 6.45) is 25.2. The van der Waals surface area contributed by atoms with E-state index in [0.717, 1.165) is 197 Å². The number of ether oxygens (including phenoxy) is 8. The first-order chi connectivity index (χ1) is 67.0. The Morgan fingerprint density at radius 1 is 0.399 bits per heavy atom. The largest absolute Gasteiger partial charge is 1.00 e. The van der Waals surface area contributed by atoms with Crippen molar-refractivity contribution >= 4 is 54.9 Å². The monoisotopic (exact) mass is 1990 g/mol. The number of carboxylic acids is 1. The Kier molecular flexibility index (Phi) is 45.9. The van der Waals surface area contributed by atoms with Gasteiger partial charge in [-0.25, -0.2) is 19.2 Å². The number of hydrogen-bond donors (Lipinski definition) is 5. The Morgan fingerprint density at radius 2 is 0.664 bits per heavy atom. The molecule has 1 aliphatic heterocycles. The van der Waals surface area contributed by atoms with Crippen LogP contribution in [0.3, 0.4) is 0 Å². The molecule has 4 aromatic heterocycles. The van der Waals surface area contributed by atoms with Crippen molar-refractivity contribution in [2.24, 2.45) is 17.8 Å². The number of amides is 4. The third-order valence-electron chi connectivity index (χ3n) is 28.2. The molecule has 1 saturated heterocycles. The number of aromatic nitrogens is 4. The molecule has 780 valence electrons. The Labute approximate surface area is 852 Å². The molecule has 7 saturated carbocycles. The number of benzene rings is 4. The minimum Gasteiger partial charge on any atom is -0.870 e. The second kappa shape index (κ2) is 55.9. The van der Waals surface area contributed by atoms with E-state index >= 15 is 0 Å². The van der Waals surface area contributed by atoms with Gasteiger partial charge in [-0.05, 0) is 283 Å². The molecule has 6 N–H and O–H groups in total. The number of phenolic OH excluding ortho intramolecular Hbond substituents is 1. The minimum absolute atomic E-state index is 0. The van der Waals surface area contributed by atoms with Crippen molar-refractivity contribution < 1.29 is 149 Å². The van der Waals surface area contributed by atoms with Crippen LogP contribution in [0.4, 0.5) is 19.2 Å². The van der Waals surface area contributed by atoms with Crippen molar-refractivity contribution in [1.82, 2.24) is 40.2 Å². The van der Waals surface area contributed by atoms with E-state index in [9.17, 15) is 48.9 Å². The number of aliphatic hydroxyl groups is 1. The van der Waals surface area contributed by atoms with Gasteiger partial charge in [0.25, 0.3) is 0 Å². The van der Waals surface area contributed by atoms with Crippen molar-refractivity contribution in [2.45, 2.75) is 363 Å². The van der Waals surface area contributed by atoms with Crippen molar-refractivity contribution in [3.8, 4) is 62.5 Å². The maximum Gasteiger partial charge on any atom is 1.00 e. The van der Waals surface area contributed by atoms with E-state index in [0.29, 0.717) is 77.2 Å². The van der Waals surface area contributed by atoms with Gasteiger partial charge in [0, 0.05) is 74.6 Å². The van der Waals surface area contributed by atoms with Gasteiger partial charge in [0.15, 0.2) is 23.0 Å². The molecule has 8 aliphatic rings. The second-order valence-electron chi connectivity index (χ2n) is 39.6. The fourth-order valence-corrected chi connectivity index (χ4v) is 19.0. The first-order valence-electron chi connectivity index (χ1n) is 49.7. The van der Waals surface area contributed by atoms with Gasteiger partial charge in [-0.3, -0.25) is 24.9 Å². The van der Waals surface area contributed by atoms with Gasteiger partial charge < -0.3 is 106 Å². The van der Waals surface area contributed by atoms with Gasteiger partial charge in [-0.1, -0.05) is 110 Å². The van der Waals surface area contributed by atoms with Crippen molar-refractivity contribution in [3.05, 3.63) is 142 Å². The number of aryl methyl sites for hydroxylation is 4. The molecule has 6 atom stereocenters. The Hall–Kier alpha value is -11.0. The van der Waals surface area contributed by atoms with Gasteiger partial charge >= 0.3 is 68.3 Å². The summed E-state index contributed by atoms with van der Waals surface area (Å²) in [7, 11) is 6.79. The Morgan fingerprint density at radius 3 is 0.951 bits per heavy atom. The molecule has 4 aromatic carbocycles. The number of esters is 2. The number of phenols is 1. The molecule has 0 unspecified atom stereocenters. The van der Waals surface area contributed by atoms with E-state index in [1.807, 2.05) is 163 Å². The fourth-order valence-electron chi connectivity index (χ4n) is 19.0. The van der Waals surface area contributed by atoms with Gasteiger partial charge in [-0.2, -0.15) is 0 Å². The molecule has 0 spiro atoms. The summed E-state index contributed by atoms with van der Waals surface area (Å²) in [4.78, 5) is 91.6. The van der Waals surface area contributed by atoms with Crippen molar-refractivity contribution in [3.63, 3.8) is 0 Å². The molecule has 4 amide bonds. The van der Waals surface area contributed by atoms with Crippen LogP contribution in [-0.2, 0) is 78.5 Å². The third kappa shape index (κ3) is 32.8. The Balaban J connectivity index is 0.000000222. The normalized spacial score (nSPS) is 19.6. The summed E-state index contributed by atoms with van der Waals surface area (Å²) in [5.74, 6) is 2.40. The zero-order valence-electron chi connectivity index (χ0n) is 85.7. The first-order valence-corrected chi connectivity index (χ1v) is 49.7. The maximum absolute atomic E-state index is 12.5. The zero-order chi connectivity index (χ0) is 101. The minimum atomic E-state index is -0.748. The van der Waals surface area contributed by atoms with Crippen LogP contribution in [0.1, 0.15) is 288 Å². The molecular formula is C106H150BLiN8O27. The summed E-state index contributed by atoms with van der Waals surface area (Å²) < 4.78 is 79.3. The SMILES string of the molecule is C.CC(C)OC(=O)[C@H]1CCC[C@@H](O)C1.Cc1noc(-c2ccc(B3OC(C)(C)C(C)(C)O3)cc2)c1COC(=O)N(C)C1CCCC1.Cc1noc(-c2ccc(O)cc2)c1COC(=O)N(C)C1CCCC1.Cc1noc(-c2ccc(O[C@H]3CCC[C@H](C(=O)O)C3)cc2)c1COC(=O)N(C)C1CCCC1.Cc1noc(-c2ccc(O[C@H]3CCC[C@H](C(=O)OC(C)C)C3)cc2)c1COC(=O)N(C)C1CCCC1.OO.[Li+].[OH-]. The maximum atomic E-state index is 12.5. The van der Waals surface area contributed by atoms with Gasteiger partial charge in [0.1, 0.15) is 43.7 Å². The summed E-state index contributed by atoms with van der Waals surface area (Å²) in [6.45, 7) is 23.4. The number of aromatic hydroxyl groups is 1. The number of carbonyl (C=O) groups is 7. The molecule has 0 radical (unpaired) electrons. The van der Waals surface area contributed by atoms with Gasteiger partial charge in [0.2, 0.25) is 0 Å². The summed E-state index contributed by atoms with van der Waals surface area (Å²) in [5.41, 5.74) is 9.26. The number of carbonyl (C=O) groups excluding carboxylic acids is 6. The van der Waals surface area contributed by atoms with Gasteiger partial charge in [-0.15, -0.1) is 0 Å². The van der Waals surface area contributed by atoms with E-state index in [4.69, 9.17) is 75.8 Å². The molecule has 8 fully saturated rings. The predicted molar refractivity (Wildman–Crippen MR) is 530 cm³/mol. The molecule has 143 heavy (non-hydrogen) atoms. The average Bonchev–Trinajstić information content (AvgIpc) is 1.62. The van der Waals surface area contributed by atoms with E-state index < -0.39 is 13.1 Å². The standard InChI is InChI=1S/C28H38N2O6.C25H32N2O6.C24H33BN2O5.C18H22N2O4.C10H18O3.CH4.Li.H2O2.H2O/c1-18(2)34-27(31)21-8-7-11-24(16-21)35-23-14-12-20(13-15-23)26-25(19(3)29-36-26)17-33-28(32)30(4)22-9-5-6-10-22;1-16-22(15-31-25(30)27(2)19-7-3-4-8-19)23(33-26-16)17-10-12-20(13-11-17)32-21-9-5-6-18(14-21)24(28)29;1-16-20(15-29-22(28)27(6)19-9-7-8-10-19)21(30-26-16)17-11-13-18(14-12-17)25-31-23(2,3)24(4,5)32-25;1-12-16(11-23-18(22)20(2)14-5-3-4-6-14)17(24-19-12)13-7-9-15(21)10-8-13;1-7(2)13-10(12)8-4-3-5-9(11)6-8;;;1-2;/h12-15,18,21-22,24H,5-11,16-17H2,1-4H3;10-13,18-19,21H,3-9,14-15H2,1-2H3,(H,28,29);11-14,19H,7-10,15H2,1-6H3;7-10,14,21H,3-6,11H2,1-2H3;7-9,11H,3-6H2,1-2H3;1H4;;1-2H;1H2/q;;;;;;+1;;/p-1/t21-,24-;18-,21-;;;8-,9+;;;;/m00..0..../s1. The number of aliphatic carboxylic acids is 1. The van der Waals surface area contributed by atoms with Crippen molar-refractivity contribution in [2.75, 3.05) is 28.2 Å². The topological polar surface area (TPSA) is 460 Å². The van der Waals surface area contributed by atoms with Crippen LogP contribution in [0.5, 0.6) is 17.2 Å². The molecule has 0 bridgehead atoms. The molecule has 5 heterocycles. The van der Waals surface area contributed by atoms with Crippen LogP contribution in [0.15, 0.2) is 115 Å². The summed E-state index contributed by atoms with van der Waals surface area (Å²) in [5, 5.41) is 56.3. The molecular weight excluding hydrogens is 1830 g/mol. The smallest absolute Gasteiger partial charge is 0.870 e. The predicted octanol–water partition coefficient (Wildman–Crippen LogP) is 18.5. The van der Waals surface area contributed by atoms with Crippen LogP contribution in [0, 0.1) is 45.4 Å². The van der Waals surface area contributed by atoms with Crippen LogP contribution >= 0.6 is 0 Å².